The van der Waals surface area contributed by atoms with Gasteiger partial charge in [0.2, 0.25) is 0 Å². The van der Waals surface area contributed by atoms with Gasteiger partial charge in [-0.25, -0.2) is 4.98 Å². The molecule has 0 aliphatic carbocycles. The minimum Gasteiger partial charge on any atom is -0.466 e. The van der Waals surface area contributed by atoms with E-state index in [1.807, 2.05) is 10.8 Å². The van der Waals surface area contributed by atoms with Crippen LogP contribution in [0.1, 0.15) is 32.6 Å². The topological polar surface area (TPSA) is 61.2 Å². The SMILES string of the molecule is CCOC(=O)CC(=O)CCCCn1ccnc1. The Labute approximate surface area is 101 Å². The predicted octanol–water partition coefficient (Wildman–Crippen LogP) is 1.58. The van der Waals surface area contributed by atoms with Crippen LogP contribution in [0.3, 0.4) is 0 Å². The van der Waals surface area contributed by atoms with Crippen molar-refractivity contribution in [3.05, 3.63) is 18.7 Å². The number of ketones is 1. The third-order valence-electron chi connectivity index (χ3n) is 2.33. The smallest absolute Gasteiger partial charge is 0.313 e. The lowest BCUT2D eigenvalue weighted by Crippen LogP contribution is -2.11. The molecule has 1 aromatic heterocycles. The van der Waals surface area contributed by atoms with Crippen molar-refractivity contribution in [2.24, 2.45) is 0 Å². The molecule has 0 fully saturated rings. The van der Waals surface area contributed by atoms with E-state index in [-0.39, 0.29) is 12.2 Å². The second-order valence-corrected chi connectivity index (χ2v) is 3.78. The van der Waals surface area contributed by atoms with E-state index in [0.29, 0.717) is 13.0 Å². The summed E-state index contributed by atoms with van der Waals surface area (Å²) in [4.78, 5) is 26.3. The van der Waals surface area contributed by atoms with E-state index in [4.69, 9.17) is 4.74 Å². The fraction of sp³-hybridized carbons (Fsp3) is 0.583. The molecular weight excluding hydrogens is 220 g/mol. The Hall–Kier alpha value is -1.65. The highest BCUT2D eigenvalue weighted by atomic mass is 16.5. The van der Waals surface area contributed by atoms with Gasteiger partial charge < -0.3 is 9.30 Å². The summed E-state index contributed by atoms with van der Waals surface area (Å²) >= 11 is 0. The lowest BCUT2D eigenvalue weighted by atomic mass is 10.1. The first-order valence-corrected chi connectivity index (χ1v) is 5.85. The van der Waals surface area contributed by atoms with Crippen molar-refractivity contribution in [3.8, 4) is 0 Å². The first kappa shape index (κ1) is 13.4. The van der Waals surface area contributed by atoms with Crippen molar-refractivity contribution in [2.45, 2.75) is 39.2 Å². The van der Waals surface area contributed by atoms with Crippen LogP contribution >= 0.6 is 0 Å². The maximum Gasteiger partial charge on any atom is 0.313 e. The fourth-order valence-electron chi connectivity index (χ4n) is 1.50. The maximum absolute atomic E-state index is 11.4. The number of imidazole rings is 1. The molecule has 5 heteroatoms. The van der Waals surface area contributed by atoms with Gasteiger partial charge in [-0.15, -0.1) is 0 Å². The number of aromatic nitrogens is 2. The molecular formula is C12H18N2O3. The molecule has 0 N–H and O–H groups in total. The third kappa shape index (κ3) is 5.85. The molecule has 1 heterocycles. The number of rotatable bonds is 8. The second-order valence-electron chi connectivity index (χ2n) is 3.78. The summed E-state index contributed by atoms with van der Waals surface area (Å²) in [5.74, 6) is -0.471. The Balaban J connectivity index is 2.06. The van der Waals surface area contributed by atoms with E-state index in [2.05, 4.69) is 4.98 Å². The van der Waals surface area contributed by atoms with Gasteiger partial charge in [0, 0.05) is 25.4 Å². The molecule has 0 unspecified atom stereocenters. The number of aryl methyl sites for hydroxylation is 1. The van der Waals surface area contributed by atoms with Crippen molar-refractivity contribution in [3.63, 3.8) is 0 Å². The molecule has 17 heavy (non-hydrogen) atoms. The normalized spacial score (nSPS) is 10.2. The molecule has 1 rings (SSSR count). The van der Waals surface area contributed by atoms with Crippen LogP contribution in [0.25, 0.3) is 0 Å². The highest BCUT2D eigenvalue weighted by Gasteiger charge is 2.09. The van der Waals surface area contributed by atoms with Crippen LogP contribution in [0, 0.1) is 0 Å². The summed E-state index contributed by atoms with van der Waals surface area (Å²) in [5.41, 5.74) is 0. The minimum absolute atomic E-state index is 0.0471. The van der Waals surface area contributed by atoms with Crippen molar-refractivity contribution < 1.29 is 14.3 Å². The molecule has 0 aromatic carbocycles. The summed E-state index contributed by atoms with van der Waals surface area (Å²) in [6.45, 7) is 2.91. The number of nitrogens with zero attached hydrogens (tertiary/aromatic N) is 2. The van der Waals surface area contributed by atoms with Crippen molar-refractivity contribution >= 4 is 11.8 Å². The molecule has 0 aliphatic rings. The number of hydrogen-bond acceptors (Lipinski definition) is 4. The van der Waals surface area contributed by atoms with Crippen molar-refractivity contribution in [1.29, 1.82) is 0 Å². The lowest BCUT2D eigenvalue weighted by Gasteiger charge is -2.02. The van der Waals surface area contributed by atoms with Gasteiger partial charge in [-0.3, -0.25) is 9.59 Å². The lowest BCUT2D eigenvalue weighted by molar-refractivity contribution is -0.145. The van der Waals surface area contributed by atoms with E-state index >= 15 is 0 Å². The number of carbonyl (C=O) groups excluding carboxylic acids is 2. The molecule has 0 spiro atoms. The minimum atomic E-state index is -0.424. The monoisotopic (exact) mass is 238 g/mol. The van der Waals surface area contributed by atoms with Crippen molar-refractivity contribution in [1.82, 2.24) is 9.55 Å². The quantitative estimate of drug-likeness (QED) is 0.392. The van der Waals surface area contributed by atoms with Gasteiger partial charge in [0.05, 0.1) is 12.9 Å². The first-order chi connectivity index (χ1) is 8.22. The molecule has 1 aromatic rings. The average molecular weight is 238 g/mol. The Morgan fingerprint density at radius 3 is 2.82 bits per heavy atom. The zero-order valence-electron chi connectivity index (χ0n) is 10.1. The van der Waals surface area contributed by atoms with Gasteiger partial charge in [0.15, 0.2) is 0 Å². The third-order valence-corrected chi connectivity index (χ3v) is 2.33. The van der Waals surface area contributed by atoms with Crippen LogP contribution in [0.15, 0.2) is 18.7 Å². The van der Waals surface area contributed by atoms with Gasteiger partial charge in [0.25, 0.3) is 0 Å². The van der Waals surface area contributed by atoms with E-state index < -0.39 is 5.97 Å². The Morgan fingerprint density at radius 1 is 1.35 bits per heavy atom. The summed E-state index contributed by atoms with van der Waals surface area (Å²) in [6.07, 6.45) is 7.40. The Bertz CT molecular complexity index is 347. The van der Waals surface area contributed by atoms with Crippen LogP contribution in [0.2, 0.25) is 0 Å². The van der Waals surface area contributed by atoms with E-state index in [1.54, 1.807) is 19.4 Å². The van der Waals surface area contributed by atoms with Gasteiger partial charge in [-0.2, -0.15) is 0 Å². The number of Topliss-reactive ketones (excluding diaryl/α,β-unsaturated/α-hetero) is 1. The molecule has 94 valence electrons. The number of hydrogen-bond donors (Lipinski definition) is 0. The zero-order chi connectivity index (χ0) is 12.5. The van der Waals surface area contributed by atoms with Gasteiger partial charge in [-0.05, 0) is 19.8 Å². The van der Waals surface area contributed by atoms with E-state index in [0.717, 1.165) is 19.4 Å². The van der Waals surface area contributed by atoms with Gasteiger partial charge in [-0.1, -0.05) is 0 Å². The van der Waals surface area contributed by atoms with Crippen LogP contribution in [0.5, 0.6) is 0 Å². The largest absolute Gasteiger partial charge is 0.466 e. The van der Waals surface area contributed by atoms with Crippen LogP contribution in [0.4, 0.5) is 0 Å². The van der Waals surface area contributed by atoms with Gasteiger partial charge >= 0.3 is 5.97 Å². The molecule has 0 bridgehead atoms. The Morgan fingerprint density at radius 2 is 2.18 bits per heavy atom. The van der Waals surface area contributed by atoms with E-state index in [1.165, 1.54) is 0 Å². The number of ether oxygens (including phenoxy) is 1. The molecule has 0 amide bonds. The van der Waals surface area contributed by atoms with Crippen molar-refractivity contribution in [2.75, 3.05) is 6.61 Å². The fourth-order valence-corrected chi connectivity index (χ4v) is 1.50. The van der Waals surface area contributed by atoms with Gasteiger partial charge in [0.1, 0.15) is 12.2 Å². The highest BCUT2D eigenvalue weighted by Crippen LogP contribution is 2.02. The average Bonchev–Trinajstić information content (AvgIpc) is 2.77. The molecule has 5 nitrogen and oxygen atoms in total. The number of carbonyl (C=O) groups is 2. The summed E-state index contributed by atoms with van der Waals surface area (Å²) in [6, 6.07) is 0. The van der Waals surface area contributed by atoms with E-state index in [9.17, 15) is 9.59 Å². The van der Waals surface area contributed by atoms with Crippen LogP contribution in [-0.4, -0.2) is 27.9 Å². The highest BCUT2D eigenvalue weighted by molar-refractivity contribution is 5.95. The molecule has 0 saturated heterocycles. The summed E-state index contributed by atoms with van der Waals surface area (Å²) in [5, 5.41) is 0. The first-order valence-electron chi connectivity index (χ1n) is 5.85. The molecule has 0 radical (unpaired) electrons. The van der Waals surface area contributed by atoms with Crippen LogP contribution < -0.4 is 0 Å². The molecule has 0 saturated carbocycles. The predicted molar refractivity (Wildman–Crippen MR) is 62.3 cm³/mol. The Kier molecular flexibility index (Phi) is 5.99. The standard InChI is InChI=1S/C12H18N2O3/c1-2-17-12(16)9-11(15)5-3-4-7-14-8-6-13-10-14/h6,8,10H,2-5,7,9H2,1H3. The maximum atomic E-state index is 11.4. The summed E-state index contributed by atoms with van der Waals surface area (Å²) < 4.78 is 6.67. The number of unbranched alkanes of at least 4 members (excludes halogenated alkanes) is 1. The molecule has 0 atom stereocenters. The zero-order valence-corrected chi connectivity index (χ0v) is 10.1. The molecule has 0 aliphatic heterocycles. The second kappa shape index (κ2) is 7.60. The van der Waals surface area contributed by atoms with Crippen LogP contribution in [-0.2, 0) is 20.9 Å². The summed E-state index contributed by atoms with van der Waals surface area (Å²) in [7, 11) is 0. The number of esters is 1.